The number of hydrogen-bond acceptors (Lipinski definition) is 12. The summed E-state index contributed by atoms with van der Waals surface area (Å²) in [6, 6.07) is 0. The fourth-order valence-corrected chi connectivity index (χ4v) is 2.94. The van der Waals surface area contributed by atoms with Gasteiger partial charge in [-0.05, 0) is 12.8 Å². The lowest BCUT2D eigenvalue weighted by molar-refractivity contribution is -0.142. The summed E-state index contributed by atoms with van der Waals surface area (Å²) in [4.78, 5) is 10.4. The third-order valence-electron chi connectivity index (χ3n) is 5.20. The van der Waals surface area contributed by atoms with E-state index in [0.29, 0.717) is 119 Å². The van der Waals surface area contributed by atoms with Gasteiger partial charge in [-0.1, -0.05) is 26.7 Å². The van der Waals surface area contributed by atoms with Crippen LogP contribution < -0.4 is 0 Å². The number of aliphatic hydroxyl groups is 2. The van der Waals surface area contributed by atoms with Gasteiger partial charge in [-0.3, -0.25) is 4.79 Å². The third kappa shape index (κ3) is 39.0. The van der Waals surface area contributed by atoms with Crippen LogP contribution in [0.2, 0.25) is 0 Å². The molecule has 0 bridgehead atoms. The molecule has 0 aliphatic rings. The lowest BCUT2D eigenvalue weighted by Crippen LogP contribution is -2.15. The van der Waals surface area contributed by atoms with Crippen molar-refractivity contribution in [2.75, 3.05) is 132 Å². The zero-order valence-electron chi connectivity index (χ0n) is 25.5. The summed E-state index contributed by atoms with van der Waals surface area (Å²) in [5.74, 6) is -0.754. The molecule has 0 aromatic heterocycles. The first-order chi connectivity index (χ1) is 20.1. The lowest BCUT2D eigenvalue weighted by Gasteiger charge is -2.08. The van der Waals surface area contributed by atoms with Gasteiger partial charge in [-0.15, -0.1) is 0 Å². The second kappa shape index (κ2) is 39.0. The van der Waals surface area contributed by atoms with Crippen molar-refractivity contribution in [1.29, 1.82) is 0 Å². The van der Waals surface area contributed by atoms with E-state index >= 15 is 0 Å². The highest BCUT2D eigenvalue weighted by molar-refractivity contribution is 5.69. The Labute approximate surface area is 246 Å². The molecule has 0 saturated carbocycles. The first-order valence-electron chi connectivity index (χ1n) is 14.8. The van der Waals surface area contributed by atoms with Crippen molar-refractivity contribution in [2.45, 2.75) is 39.5 Å². The molecule has 1 unspecified atom stereocenters. The topological polar surface area (TPSA) is 161 Å². The number of aliphatic carboxylic acids is 1. The number of unbranched alkanes of at least 4 members (excludes halogenated alkanes) is 1. The van der Waals surface area contributed by atoms with Crippen molar-refractivity contribution in [3.63, 3.8) is 0 Å². The van der Waals surface area contributed by atoms with Crippen LogP contribution in [0.3, 0.4) is 0 Å². The van der Waals surface area contributed by atoms with E-state index in [1.165, 1.54) is 0 Å². The Balaban J connectivity index is 0. The van der Waals surface area contributed by atoms with Crippen molar-refractivity contribution < 1.29 is 62.7 Å². The summed E-state index contributed by atoms with van der Waals surface area (Å²) >= 11 is 0. The molecule has 0 spiro atoms. The molecule has 0 aliphatic carbocycles. The number of carbonyl (C=O) groups is 1. The molecule has 0 aliphatic heterocycles. The van der Waals surface area contributed by atoms with Crippen LogP contribution in [-0.4, -0.2) is 153 Å². The lowest BCUT2D eigenvalue weighted by atomic mass is 10.00. The van der Waals surface area contributed by atoms with Gasteiger partial charge in [-0.2, -0.15) is 0 Å². The Morgan fingerprint density at radius 1 is 0.488 bits per heavy atom. The van der Waals surface area contributed by atoms with Crippen LogP contribution in [0.15, 0.2) is 0 Å². The van der Waals surface area contributed by atoms with Crippen LogP contribution in [-0.2, 0) is 47.4 Å². The molecule has 1 atom stereocenters. The molecule has 0 amide bonds. The monoisotopic (exact) mass is 602 g/mol. The van der Waals surface area contributed by atoms with Gasteiger partial charge in [0, 0.05) is 0 Å². The summed E-state index contributed by atoms with van der Waals surface area (Å²) in [5.41, 5.74) is 0. The van der Waals surface area contributed by atoms with Gasteiger partial charge < -0.3 is 58.0 Å². The Morgan fingerprint density at radius 2 is 0.732 bits per heavy atom. The van der Waals surface area contributed by atoms with E-state index in [4.69, 9.17) is 58.0 Å². The normalized spacial score (nSPS) is 11.8. The molecule has 0 radical (unpaired) electrons. The van der Waals surface area contributed by atoms with Crippen LogP contribution in [0.1, 0.15) is 39.5 Å². The number of rotatable bonds is 33. The SMILES string of the molecule is CCCCC(CC)C(=O)O.OCCOCCOCCOCCOCCOCCOCCOCCOCCOCCO. The Bertz CT molecular complexity index is 458. The van der Waals surface area contributed by atoms with E-state index in [-0.39, 0.29) is 19.1 Å². The largest absolute Gasteiger partial charge is 0.481 e. The summed E-state index contributed by atoms with van der Waals surface area (Å²) in [6.07, 6.45) is 3.71. The zero-order chi connectivity index (χ0) is 30.5. The maximum atomic E-state index is 10.4. The van der Waals surface area contributed by atoms with Gasteiger partial charge in [0.1, 0.15) is 0 Å². The zero-order valence-corrected chi connectivity index (χ0v) is 25.5. The highest BCUT2D eigenvalue weighted by atomic mass is 16.6. The summed E-state index contributed by atoms with van der Waals surface area (Å²) in [5, 5.41) is 25.7. The molecule has 0 aromatic carbocycles. The highest BCUT2D eigenvalue weighted by Crippen LogP contribution is 2.11. The number of ether oxygens (including phenoxy) is 9. The molecule has 13 heteroatoms. The maximum Gasteiger partial charge on any atom is 0.306 e. The van der Waals surface area contributed by atoms with Crippen LogP contribution in [0, 0.1) is 5.92 Å². The summed E-state index contributed by atoms with van der Waals surface area (Å²) in [6.45, 7) is 12.8. The van der Waals surface area contributed by atoms with Crippen LogP contribution in [0.5, 0.6) is 0 Å². The molecular formula is C28H58O13. The fraction of sp³-hybridized carbons (Fsp3) is 0.964. The Morgan fingerprint density at radius 3 is 0.902 bits per heavy atom. The quantitative estimate of drug-likeness (QED) is 0.0926. The van der Waals surface area contributed by atoms with Gasteiger partial charge in [0.15, 0.2) is 0 Å². The minimum Gasteiger partial charge on any atom is -0.481 e. The smallest absolute Gasteiger partial charge is 0.306 e. The number of aliphatic hydroxyl groups excluding tert-OH is 2. The van der Waals surface area contributed by atoms with Gasteiger partial charge in [-0.25, -0.2) is 0 Å². The average molecular weight is 603 g/mol. The Hall–Kier alpha value is -0.970. The van der Waals surface area contributed by atoms with E-state index < -0.39 is 5.97 Å². The second-order valence-corrected chi connectivity index (χ2v) is 8.54. The number of hydrogen-bond donors (Lipinski definition) is 3. The molecule has 13 nitrogen and oxygen atoms in total. The van der Waals surface area contributed by atoms with Crippen LogP contribution in [0.25, 0.3) is 0 Å². The van der Waals surface area contributed by atoms with E-state index in [0.717, 1.165) is 25.7 Å². The van der Waals surface area contributed by atoms with E-state index in [1.54, 1.807) is 0 Å². The average Bonchev–Trinajstić information content (AvgIpc) is 2.97. The third-order valence-corrected chi connectivity index (χ3v) is 5.20. The molecule has 0 aromatic rings. The van der Waals surface area contributed by atoms with Gasteiger partial charge in [0.2, 0.25) is 0 Å². The van der Waals surface area contributed by atoms with E-state index in [1.807, 2.05) is 6.92 Å². The fourth-order valence-electron chi connectivity index (χ4n) is 2.94. The Kier molecular flexibility index (Phi) is 40.1. The minimum absolute atomic E-state index is 0.0278. The second-order valence-electron chi connectivity index (χ2n) is 8.54. The van der Waals surface area contributed by atoms with E-state index in [9.17, 15) is 4.79 Å². The van der Waals surface area contributed by atoms with Crippen LogP contribution >= 0.6 is 0 Å². The molecule has 0 fully saturated rings. The van der Waals surface area contributed by atoms with Gasteiger partial charge in [0.05, 0.1) is 138 Å². The number of carboxylic acids is 1. The maximum absolute atomic E-state index is 10.4. The number of carboxylic acid groups (broad SMARTS) is 1. The molecule has 0 rings (SSSR count). The van der Waals surface area contributed by atoms with Crippen molar-refractivity contribution >= 4 is 5.97 Å². The first-order valence-corrected chi connectivity index (χ1v) is 14.8. The summed E-state index contributed by atoms with van der Waals surface area (Å²) < 4.78 is 47.7. The first kappa shape index (κ1) is 42.2. The molecule has 41 heavy (non-hydrogen) atoms. The molecule has 3 N–H and O–H groups in total. The standard InChI is InChI=1S/C20H42O11.C8H16O2/c21-1-3-23-5-7-25-9-11-27-13-15-29-17-19-31-20-18-30-16-14-28-12-10-26-8-6-24-4-2-22;1-3-5-6-7(4-2)8(9)10/h21-22H,1-20H2;7H,3-6H2,1-2H3,(H,9,10). The molecule has 0 saturated heterocycles. The van der Waals surface area contributed by atoms with Gasteiger partial charge >= 0.3 is 5.97 Å². The molecule has 0 heterocycles. The van der Waals surface area contributed by atoms with Crippen molar-refractivity contribution in [3.05, 3.63) is 0 Å². The van der Waals surface area contributed by atoms with Crippen molar-refractivity contribution in [2.24, 2.45) is 5.92 Å². The summed E-state index contributed by atoms with van der Waals surface area (Å²) in [7, 11) is 0. The van der Waals surface area contributed by atoms with Crippen molar-refractivity contribution in [3.8, 4) is 0 Å². The van der Waals surface area contributed by atoms with Crippen molar-refractivity contribution in [1.82, 2.24) is 0 Å². The van der Waals surface area contributed by atoms with Gasteiger partial charge in [0.25, 0.3) is 0 Å². The molecular weight excluding hydrogens is 544 g/mol. The molecule has 248 valence electrons. The minimum atomic E-state index is -0.643. The van der Waals surface area contributed by atoms with E-state index in [2.05, 4.69) is 6.92 Å². The predicted octanol–water partition coefficient (Wildman–Crippen LogP) is 1.41. The van der Waals surface area contributed by atoms with Crippen LogP contribution in [0.4, 0.5) is 0 Å². The predicted molar refractivity (Wildman–Crippen MR) is 152 cm³/mol. The highest BCUT2D eigenvalue weighted by Gasteiger charge is 2.12.